The van der Waals surface area contributed by atoms with Crippen LogP contribution in [-0.2, 0) is 17.8 Å². The van der Waals surface area contributed by atoms with Crippen LogP contribution in [0.15, 0.2) is 29.3 Å². The van der Waals surface area contributed by atoms with Crippen LogP contribution >= 0.6 is 0 Å². The van der Waals surface area contributed by atoms with Gasteiger partial charge in [0.2, 0.25) is 0 Å². The molecule has 0 aromatic heterocycles. The van der Waals surface area contributed by atoms with Gasteiger partial charge in [-0.15, -0.1) is 0 Å². The molecule has 2 rings (SSSR count). The quantitative estimate of drug-likeness (QED) is 0.588. The molecule has 0 aliphatic carbocycles. The monoisotopic (exact) mass is 346 g/mol. The van der Waals surface area contributed by atoms with Gasteiger partial charge in [-0.1, -0.05) is 38.1 Å². The van der Waals surface area contributed by atoms with Crippen molar-refractivity contribution in [3.05, 3.63) is 35.4 Å². The van der Waals surface area contributed by atoms with Crippen LogP contribution in [0.2, 0.25) is 0 Å². The predicted octanol–water partition coefficient (Wildman–Crippen LogP) is 2.60. The summed E-state index contributed by atoms with van der Waals surface area (Å²) in [4.78, 5) is 7.08. The molecule has 0 spiro atoms. The van der Waals surface area contributed by atoms with Crippen LogP contribution in [0.5, 0.6) is 0 Å². The Labute approximate surface area is 152 Å². The number of nitrogens with one attached hydrogen (secondary N) is 1. The van der Waals surface area contributed by atoms with E-state index in [1.54, 1.807) is 7.11 Å². The van der Waals surface area contributed by atoms with E-state index in [-0.39, 0.29) is 6.04 Å². The minimum absolute atomic E-state index is 0.153. The molecule has 0 saturated carbocycles. The topological polar surface area (TPSA) is 62.9 Å². The van der Waals surface area contributed by atoms with Crippen molar-refractivity contribution in [3.63, 3.8) is 0 Å². The average molecular weight is 347 g/mol. The van der Waals surface area contributed by atoms with Gasteiger partial charge in [-0.3, -0.25) is 4.90 Å². The zero-order valence-electron chi connectivity index (χ0n) is 16.2. The van der Waals surface area contributed by atoms with E-state index in [9.17, 15) is 0 Å². The van der Waals surface area contributed by atoms with E-state index in [1.165, 1.54) is 30.6 Å². The summed E-state index contributed by atoms with van der Waals surface area (Å²) in [5, 5.41) is 3.16. The van der Waals surface area contributed by atoms with Gasteiger partial charge in [0.15, 0.2) is 5.96 Å². The average Bonchev–Trinajstić information content (AvgIpc) is 2.53. The lowest BCUT2D eigenvalue weighted by Gasteiger charge is -2.35. The van der Waals surface area contributed by atoms with E-state index in [0.717, 1.165) is 18.4 Å². The summed E-state index contributed by atoms with van der Waals surface area (Å²) in [6.45, 7) is 11.3. The fourth-order valence-electron chi connectivity index (χ4n) is 3.79. The molecule has 5 heteroatoms. The highest BCUT2D eigenvalue weighted by Crippen LogP contribution is 2.23. The number of benzene rings is 1. The first-order valence-corrected chi connectivity index (χ1v) is 9.32. The van der Waals surface area contributed by atoms with Gasteiger partial charge < -0.3 is 15.8 Å². The van der Waals surface area contributed by atoms with Crippen molar-refractivity contribution in [2.75, 3.05) is 26.8 Å². The number of methoxy groups -OCH3 is 1. The van der Waals surface area contributed by atoms with Gasteiger partial charge in [0.05, 0.1) is 13.2 Å². The van der Waals surface area contributed by atoms with Crippen molar-refractivity contribution < 1.29 is 4.74 Å². The van der Waals surface area contributed by atoms with Crippen molar-refractivity contribution in [2.24, 2.45) is 22.6 Å². The molecule has 1 saturated heterocycles. The molecule has 1 aromatic rings. The zero-order valence-corrected chi connectivity index (χ0v) is 16.2. The highest BCUT2D eigenvalue weighted by atomic mass is 16.5. The fourth-order valence-corrected chi connectivity index (χ4v) is 3.79. The standard InChI is InChI=1S/C20H34N4O/c1-15-9-16(2)12-24(11-15)13-19-8-6-5-7-18(19)10-22-20(21)23-17(3)14-25-4/h5-8,15-17H,9-14H2,1-4H3,(H3,21,22,23). The van der Waals surface area contributed by atoms with Gasteiger partial charge in [-0.05, 0) is 36.3 Å². The Hall–Kier alpha value is -1.59. The van der Waals surface area contributed by atoms with Crippen LogP contribution in [0, 0.1) is 11.8 Å². The number of hydrogen-bond acceptors (Lipinski definition) is 3. The molecule has 3 unspecified atom stereocenters. The number of guanidine groups is 1. The lowest BCUT2D eigenvalue weighted by atomic mass is 9.91. The van der Waals surface area contributed by atoms with Crippen LogP contribution in [0.25, 0.3) is 0 Å². The molecule has 0 radical (unpaired) electrons. The number of likely N-dealkylation sites (tertiary alicyclic amines) is 1. The van der Waals surface area contributed by atoms with E-state index in [1.807, 2.05) is 6.92 Å². The number of hydrogen-bond donors (Lipinski definition) is 2. The molecule has 0 amide bonds. The largest absolute Gasteiger partial charge is 0.383 e. The molecule has 1 fully saturated rings. The molecule has 5 nitrogen and oxygen atoms in total. The molecule has 3 atom stereocenters. The minimum atomic E-state index is 0.153. The van der Waals surface area contributed by atoms with Crippen molar-refractivity contribution in [3.8, 4) is 0 Å². The van der Waals surface area contributed by atoms with E-state index in [0.29, 0.717) is 19.1 Å². The molecule has 1 heterocycles. The van der Waals surface area contributed by atoms with Crippen LogP contribution in [0.4, 0.5) is 0 Å². The van der Waals surface area contributed by atoms with E-state index in [4.69, 9.17) is 10.5 Å². The second-order valence-electron chi connectivity index (χ2n) is 7.61. The Kier molecular flexibility index (Phi) is 7.72. The minimum Gasteiger partial charge on any atom is -0.383 e. The van der Waals surface area contributed by atoms with E-state index in [2.05, 4.69) is 53.3 Å². The lowest BCUT2D eigenvalue weighted by Crippen LogP contribution is -2.40. The van der Waals surface area contributed by atoms with Crippen molar-refractivity contribution in [1.82, 2.24) is 10.2 Å². The molecule has 1 aliphatic rings. The maximum atomic E-state index is 6.00. The molecule has 1 aromatic carbocycles. The van der Waals surface area contributed by atoms with Crippen molar-refractivity contribution in [2.45, 2.75) is 46.3 Å². The van der Waals surface area contributed by atoms with Gasteiger partial charge in [0.1, 0.15) is 0 Å². The maximum absolute atomic E-state index is 6.00. The van der Waals surface area contributed by atoms with Gasteiger partial charge >= 0.3 is 0 Å². The van der Waals surface area contributed by atoms with Crippen LogP contribution in [0.1, 0.15) is 38.3 Å². The molecular weight excluding hydrogens is 312 g/mol. The highest BCUT2D eigenvalue weighted by molar-refractivity contribution is 5.78. The number of piperidine rings is 1. The molecule has 1 aliphatic heterocycles. The van der Waals surface area contributed by atoms with E-state index >= 15 is 0 Å². The molecule has 3 N–H and O–H groups in total. The Morgan fingerprint density at radius 1 is 1.28 bits per heavy atom. The summed E-state index contributed by atoms with van der Waals surface area (Å²) in [7, 11) is 1.68. The third-order valence-corrected chi connectivity index (χ3v) is 4.69. The second-order valence-corrected chi connectivity index (χ2v) is 7.61. The SMILES string of the molecule is COCC(C)NC(N)=NCc1ccccc1CN1CC(C)CC(C)C1. The Morgan fingerprint density at radius 2 is 1.92 bits per heavy atom. The lowest BCUT2D eigenvalue weighted by molar-refractivity contribution is 0.134. The van der Waals surface area contributed by atoms with Gasteiger partial charge in [0, 0.05) is 32.8 Å². The number of ether oxygens (including phenoxy) is 1. The molecule has 25 heavy (non-hydrogen) atoms. The normalized spacial score (nSPS) is 23.4. The predicted molar refractivity (Wildman–Crippen MR) is 104 cm³/mol. The second kappa shape index (κ2) is 9.78. The molecule has 0 bridgehead atoms. The maximum Gasteiger partial charge on any atom is 0.189 e. The number of aliphatic imine (C=N–C) groups is 1. The number of nitrogens with zero attached hydrogens (tertiary/aromatic N) is 2. The van der Waals surface area contributed by atoms with Crippen molar-refractivity contribution in [1.29, 1.82) is 0 Å². The first-order chi connectivity index (χ1) is 12.0. The summed E-state index contributed by atoms with van der Waals surface area (Å²) in [5.41, 5.74) is 8.60. The van der Waals surface area contributed by atoms with Crippen LogP contribution < -0.4 is 11.1 Å². The van der Waals surface area contributed by atoms with Crippen molar-refractivity contribution >= 4 is 5.96 Å². The van der Waals surface area contributed by atoms with Gasteiger partial charge in [-0.2, -0.15) is 0 Å². The van der Waals surface area contributed by atoms with Gasteiger partial charge in [0.25, 0.3) is 0 Å². The van der Waals surface area contributed by atoms with Gasteiger partial charge in [-0.25, -0.2) is 4.99 Å². The number of nitrogens with two attached hydrogens (primary N) is 1. The zero-order chi connectivity index (χ0) is 18.2. The smallest absolute Gasteiger partial charge is 0.189 e. The first kappa shape index (κ1) is 19.7. The fraction of sp³-hybridized carbons (Fsp3) is 0.650. The Bertz CT molecular complexity index is 550. The third kappa shape index (κ3) is 6.67. The van der Waals surface area contributed by atoms with E-state index < -0.39 is 0 Å². The summed E-state index contributed by atoms with van der Waals surface area (Å²) in [6, 6.07) is 8.71. The molecule has 140 valence electrons. The highest BCUT2D eigenvalue weighted by Gasteiger charge is 2.22. The molecular formula is C20H34N4O. The summed E-state index contributed by atoms with van der Waals surface area (Å²) < 4.78 is 5.11. The Morgan fingerprint density at radius 3 is 2.56 bits per heavy atom. The summed E-state index contributed by atoms with van der Waals surface area (Å²) in [6.07, 6.45) is 1.34. The van der Waals surface area contributed by atoms with Crippen LogP contribution in [-0.4, -0.2) is 43.7 Å². The summed E-state index contributed by atoms with van der Waals surface area (Å²) >= 11 is 0. The van der Waals surface area contributed by atoms with Crippen LogP contribution in [0.3, 0.4) is 0 Å². The third-order valence-electron chi connectivity index (χ3n) is 4.69. The first-order valence-electron chi connectivity index (χ1n) is 9.32. The number of rotatable bonds is 7. The summed E-state index contributed by atoms with van der Waals surface area (Å²) in [5.74, 6) is 2.02. The Balaban J connectivity index is 1.98.